The van der Waals surface area contributed by atoms with Crippen molar-refractivity contribution < 1.29 is 18.9 Å². The largest absolute Gasteiger partial charge is 0.426 e. The van der Waals surface area contributed by atoms with Crippen molar-refractivity contribution in [2.45, 2.75) is 27.7 Å². The van der Waals surface area contributed by atoms with Gasteiger partial charge >= 0.3 is 11.6 Å². The second-order valence-corrected chi connectivity index (χ2v) is 7.90. The van der Waals surface area contributed by atoms with E-state index in [4.69, 9.17) is 9.15 Å². The molecule has 166 valence electrons. The van der Waals surface area contributed by atoms with Gasteiger partial charge in [0.2, 0.25) is 0 Å². The number of rotatable bonds is 4. The number of benzene rings is 3. The van der Waals surface area contributed by atoms with Gasteiger partial charge in [-0.3, -0.25) is 14.9 Å². The molecule has 0 saturated carbocycles. The molecule has 4 aromatic rings. The van der Waals surface area contributed by atoms with E-state index in [9.17, 15) is 19.7 Å². The predicted molar refractivity (Wildman–Crippen MR) is 126 cm³/mol. The summed E-state index contributed by atoms with van der Waals surface area (Å²) in [6, 6.07) is 15.1. The topological polar surface area (TPSA) is 99.6 Å². The van der Waals surface area contributed by atoms with E-state index in [2.05, 4.69) is 0 Å². The van der Waals surface area contributed by atoms with Crippen molar-refractivity contribution >= 4 is 22.6 Å². The van der Waals surface area contributed by atoms with Gasteiger partial charge in [-0.05, 0) is 67.3 Å². The van der Waals surface area contributed by atoms with Gasteiger partial charge in [0.15, 0.2) is 0 Å². The van der Waals surface area contributed by atoms with E-state index in [1.165, 1.54) is 19.1 Å². The highest BCUT2D eigenvalue weighted by molar-refractivity contribution is 6.02. The molecule has 0 aliphatic rings. The highest BCUT2D eigenvalue weighted by Gasteiger charge is 2.21. The number of ether oxygens (including phenoxy) is 1. The van der Waals surface area contributed by atoms with Gasteiger partial charge in [-0.2, -0.15) is 0 Å². The first-order valence-corrected chi connectivity index (χ1v) is 10.3. The van der Waals surface area contributed by atoms with Gasteiger partial charge in [-0.15, -0.1) is 0 Å². The third-order valence-corrected chi connectivity index (χ3v) is 5.69. The fourth-order valence-corrected chi connectivity index (χ4v) is 3.86. The van der Waals surface area contributed by atoms with E-state index < -0.39 is 16.5 Å². The highest BCUT2D eigenvalue weighted by atomic mass is 16.6. The van der Waals surface area contributed by atoms with Crippen LogP contribution in [0, 0.1) is 30.9 Å². The standard InChI is InChI=1S/C26H21NO6/c1-14-5-6-19(13-15(14)2)24-23(18-7-9-20(10-8-18)27(30)31)21-11-12-22(32-17(4)28)16(3)25(21)33-26(24)29/h5-13H,1-4H3. The number of carbonyl (C=O) groups excluding carboxylic acids is 1. The smallest absolute Gasteiger partial charge is 0.344 e. The number of nitro benzene ring substituents is 1. The van der Waals surface area contributed by atoms with Crippen LogP contribution in [0.4, 0.5) is 5.69 Å². The van der Waals surface area contributed by atoms with Gasteiger partial charge in [0, 0.05) is 35.6 Å². The molecule has 0 unspecified atom stereocenters. The average Bonchev–Trinajstić information content (AvgIpc) is 2.77. The van der Waals surface area contributed by atoms with Gasteiger partial charge in [-0.1, -0.05) is 18.2 Å². The van der Waals surface area contributed by atoms with Crippen LogP contribution in [0.2, 0.25) is 0 Å². The van der Waals surface area contributed by atoms with E-state index in [1.807, 2.05) is 32.0 Å². The van der Waals surface area contributed by atoms with Gasteiger partial charge in [0.25, 0.3) is 5.69 Å². The molecular weight excluding hydrogens is 422 g/mol. The summed E-state index contributed by atoms with van der Waals surface area (Å²) in [6.07, 6.45) is 0. The maximum atomic E-state index is 13.3. The molecule has 0 bridgehead atoms. The molecule has 1 aromatic heterocycles. The van der Waals surface area contributed by atoms with Gasteiger partial charge in [0.1, 0.15) is 11.3 Å². The molecule has 0 amide bonds. The van der Waals surface area contributed by atoms with E-state index in [1.54, 1.807) is 31.2 Å². The molecule has 0 fully saturated rings. The van der Waals surface area contributed by atoms with E-state index in [-0.39, 0.29) is 5.69 Å². The number of hydrogen-bond acceptors (Lipinski definition) is 6. The Labute approximate surface area is 189 Å². The van der Waals surface area contributed by atoms with Crippen LogP contribution in [-0.4, -0.2) is 10.9 Å². The van der Waals surface area contributed by atoms with Crippen LogP contribution in [0.1, 0.15) is 23.6 Å². The molecule has 0 saturated heterocycles. The number of hydrogen-bond donors (Lipinski definition) is 0. The van der Waals surface area contributed by atoms with Crippen molar-refractivity contribution in [1.82, 2.24) is 0 Å². The molecule has 1 heterocycles. The molecule has 0 radical (unpaired) electrons. The molecule has 4 rings (SSSR count). The van der Waals surface area contributed by atoms with Gasteiger partial charge < -0.3 is 9.15 Å². The summed E-state index contributed by atoms with van der Waals surface area (Å²) in [5.41, 5.74) is 4.57. The zero-order chi connectivity index (χ0) is 23.9. The van der Waals surface area contributed by atoms with E-state index in [0.29, 0.717) is 44.5 Å². The van der Waals surface area contributed by atoms with Crippen molar-refractivity contribution in [3.63, 3.8) is 0 Å². The Kier molecular flexibility index (Phi) is 5.55. The third-order valence-electron chi connectivity index (χ3n) is 5.69. The molecule has 33 heavy (non-hydrogen) atoms. The monoisotopic (exact) mass is 443 g/mol. The third kappa shape index (κ3) is 4.01. The minimum atomic E-state index is -0.554. The first-order valence-electron chi connectivity index (χ1n) is 10.3. The fraction of sp³-hybridized carbons (Fsp3) is 0.154. The summed E-state index contributed by atoms with van der Waals surface area (Å²) >= 11 is 0. The van der Waals surface area contributed by atoms with Crippen LogP contribution >= 0.6 is 0 Å². The van der Waals surface area contributed by atoms with Crippen molar-refractivity contribution in [1.29, 1.82) is 0 Å². The molecule has 7 heteroatoms. The van der Waals surface area contributed by atoms with Gasteiger partial charge in [0.05, 0.1) is 10.5 Å². The lowest BCUT2D eigenvalue weighted by Crippen LogP contribution is -2.08. The summed E-state index contributed by atoms with van der Waals surface area (Å²) in [7, 11) is 0. The Morgan fingerprint density at radius 3 is 2.18 bits per heavy atom. The maximum Gasteiger partial charge on any atom is 0.344 e. The normalized spacial score (nSPS) is 10.9. The minimum absolute atomic E-state index is 0.0490. The van der Waals surface area contributed by atoms with Crippen molar-refractivity contribution in [3.8, 4) is 28.0 Å². The Morgan fingerprint density at radius 1 is 0.909 bits per heavy atom. The zero-order valence-corrected chi connectivity index (χ0v) is 18.6. The molecule has 0 aliphatic carbocycles. The molecule has 0 atom stereocenters. The summed E-state index contributed by atoms with van der Waals surface area (Å²) in [5, 5.41) is 11.8. The molecule has 7 nitrogen and oxygen atoms in total. The highest BCUT2D eigenvalue weighted by Crippen LogP contribution is 2.39. The number of nitrogens with zero attached hydrogens (tertiary/aromatic N) is 1. The van der Waals surface area contributed by atoms with Crippen molar-refractivity contribution in [2.75, 3.05) is 0 Å². The number of carbonyl (C=O) groups is 1. The second-order valence-electron chi connectivity index (χ2n) is 7.90. The Balaban J connectivity index is 2.09. The first-order chi connectivity index (χ1) is 15.7. The van der Waals surface area contributed by atoms with Gasteiger partial charge in [-0.25, -0.2) is 4.79 Å². The Hall–Kier alpha value is -4.26. The number of aryl methyl sites for hydroxylation is 3. The lowest BCUT2D eigenvalue weighted by molar-refractivity contribution is -0.384. The second kappa shape index (κ2) is 8.35. The summed E-state index contributed by atoms with van der Waals surface area (Å²) in [6.45, 7) is 6.95. The maximum absolute atomic E-state index is 13.3. The van der Waals surface area contributed by atoms with Crippen LogP contribution in [0.3, 0.4) is 0 Å². The SMILES string of the molecule is CC(=O)Oc1ccc2c(-c3ccc([N+](=O)[O-])cc3)c(-c3ccc(C)c(C)c3)c(=O)oc2c1C. The number of non-ortho nitro benzene ring substituents is 1. The lowest BCUT2D eigenvalue weighted by atomic mass is 9.91. The van der Waals surface area contributed by atoms with Crippen LogP contribution in [-0.2, 0) is 4.79 Å². The summed E-state index contributed by atoms with van der Waals surface area (Å²) in [5.74, 6) is -0.186. The number of nitro groups is 1. The van der Waals surface area contributed by atoms with Crippen molar-refractivity contribution in [2.24, 2.45) is 0 Å². The average molecular weight is 443 g/mol. The summed E-state index contributed by atoms with van der Waals surface area (Å²) < 4.78 is 11.0. The molecule has 0 spiro atoms. The molecule has 0 N–H and O–H groups in total. The molecular formula is C26H21NO6. The number of fused-ring (bicyclic) bond motifs is 1. The van der Waals surface area contributed by atoms with Crippen LogP contribution in [0.25, 0.3) is 33.2 Å². The van der Waals surface area contributed by atoms with E-state index in [0.717, 1.165) is 11.1 Å². The zero-order valence-electron chi connectivity index (χ0n) is 18.6. The molecule has 3 aromatic carbocycles. The van der Waals surface area contributed by atoms with Crippen LogP contribution in [0.15, 0.2) is 63.8 Å². The van der Waals surface area contributed by atoms with Crippen LogP contribution in [0.5, 0.6) is 5.75 Å². The van der Waals surface area contributed by atoms with Crippen LogP contribution < -0.4 is 10.4 Å². The quantitative estimate of drug-likeness (QED) is 0.128. The van der Waals surface area contributed by atoms with Crippen molar-refractivity contribution in [3.05, 3.63) is 91.8 Å². The minimum Gasteiger partial charge on any atom is -0.426 e. The first kappa shape index (κ1) is 22.0. The Bertz CT molecular complexity index is 1480. The summed E-state index contributed by atoms with van der Waals surface area (Å²) in [4.78, 5) is 35.4. The van der Waals surface area contributed by atoms with E-state index >= 15 is 0 Å². The number of esters is 1. The Morgan fingerprint density at radius 2 is 1.58 bits per heavy atom. The molecule has 0 aliphatic heterocycles. The predicted octanol–water partition coefficient (Wildman–Crippen LogP) is 5.89. The lowest BCUT2D eigenvalue weighted by Gasteiger charge is -2.15. The fourth-order valence-electron chi connectivity index (χ4n) is 3.86.